The monoisotopic (exact) mass is 271 g/mol. The molecule has 0 N–H and O–H groups in total. The number of rotatable bonds is 3. The summed E-state index contributed by atoms with van der Waals surface area (Å²) in [6, 6.07) is 8.39. The van der Waals surface area contributed by atoms with E-state index in [4.69, 9.17) is 4.98 Å². The van der Waals surface area contributed by atoms with Gasteiger partial charge in [0.25, 0.3) is 0 Å². The molecule has 4 nitrogen and oxygen atoms in total. The van der Waals surface area contributed by atoms with Crippen molar-refractivity contribution in [3.63, 3.8) is 0 Å². The summed E-state index contributed by atoms with van der Waals surface area (Å²) in [6.45, 7) is 5.65. The van der Waals surface area contributed by atoms with Gasteiger partial charge in [0.15, 0.2) is 0 Å². The van der Waals surface area contributed by atoms with Gasteiger partial charge in [0, 0.05) is 20.0 Å². The van der Waals surface area contributed by atoms with Gasteiger partial charge in [-0.1, -0.05) is 19.1 Å². The van der Waals surface area contributed by atoms with Crippen LogP contribution in [0.4, 0.5) is 0 Å². The lowest BCUT2D eigenvalue weighted by molar-refractivity contribution is -0.129. The standard InChI is InChI=1S/C16H21N3O/c1-3-10-19-14-8-5-4-7-13(14)17-16(19)15-9-6-11-18(15)12(2)20/h4-5,7-8,15H,3,6,9-11H2,1-2H3/t15-/m0/s1. The van der Waals surface area contributed by atoms with Crippen LogP contribution in [-0.2, 0) is 11.3 Å². The van der Waals surface area contributed by atoms with Gasteiger partial charge in [-0.05, 0) is 31.4 Å². The largest absolute Gasteiger partial charge is 0.333 e. The second-order valence-corrected chi connectivity index (χ2v) is 5.48. The highest BCUT2D eigenvalue weighted by molar-refractivity contribution is 5.77. The number of benzene rings is 1. The normalized spacial score (nSPS) is 18.9. The fourth-order valence-corrected chi connectivity index (χ4v) is 3.22. The lowest BCUT2D eigenvalue weighted by atomic mass is 10.2. The fraction of sp³-hybridized carbons (Fsp3) is 0.500. The number of amides is 1. The minimum atomic E-state index is 0.145. The molecule has 2 heterocycles. The van der Waals surface area contributed by atoms with Crippen molar-refractivity contribution in [1.82, 2.24) is 14.5 Å². The van der Waals surface area contributed by atoms with Crippen molar-refractivity contribution in [1.29, 1.82) is 0 Å². The third-order valence-corrected chi connectivity index (χ3v) is 4.09. The first-order chi connectivity index (χ1) is 9.72. The fourth-order valence-electron chi connectivity index (χ4n) is 3.22. The van der Waals surface area contributed by atoms with E-state index in [0.29, 0.717) is 0 Å². The zero-order chi connectivity index (χ0) is 14.1. The van der Waals surface area contributed by atoms with E-state index in [-0.39, 0.29) is 11.9 Å². The Morgan fingerprint density at radius 2 is 2.20 bits per heavy atom. The predicted octanol–water partition coefficient (Wildman–Crippen LogP) is 3.13. The Hall–Kier alpha value is -1.84. The maximum Gasteiger partial charge on any atom is 0.220 e. The van der Waals surface area contributed by atoms with Crippen LogP contribution < -0.4 is 0 Å². The first-order valence-corrected chi connectivity index (χ1v) is 7.44. The lowest BCUT2D eigenvalue weighted by Gasteiger charge is -2.23. The van der Waals surface area contributed by atoms with Gasteiger partial charge in [-0.15, -0.1) is 0 Å². The molecule has 0 spiro atoms. The topological polar surface area (TPSA) is 38.1 Å². The Morgan fingerprint density at radius 3 is 2.95 bits per heavy atom. The first-order valence-electron chi connectivity index (χ1n) is 7.44. The van der Waals surface area contributed by atoms with E-state index in [2.05, 4.69) is 29.7 Å². The minimum Gasteiger partial charge on any atom is -0.333 e. The van der Waals surface area contributed by atoms with Crippen LogP contribution in [0.25, 0.3) is 11.0 Å². The van der Waals surface area contributed by atoms with Gasteiger partial charge in [0.1, 0.15) is 5.82 Å². The Balaban J connectivity index is 2.10. The molecule has 0 unspecified atom stereocenters. The molecule has 4 heteroatoms. The van der Waals surface area contributed by atoms with Crippen LogP contribution in [0.1, 0.15) is 45.0 Å². The Bertz CT molecular complexity index is 632. The van der Waals surface area contributed by atoms with E-state index in [1.165, 1.54) is 5.52 Å². The molecule has 1 aromatic carbocycles. The van der Waals surface area contributed by atoms with Gasteiger partial charge in [0.05, 0.1) is 17.1 Å². The van der Waals surface area contributed by atoms with Crippen LogP contribution in [-0.4, -0.2) is 26.9 Å². The van der Waals surface area contributed by atoms with Gasteiger partial charge in [-0.2, -0.15) is 0 Å². The number of fused-ring (bicyclic) bond motifs is 1. The molecule has 3 rings (SSSR count). The Kier molecular flexibility index (Phi) is 3.47. The molecule has 2 aromatic rings. The molecule has 1 aliphatic rings. The molecule has 106 valence electrons. The molecule has 1 aliphatic heterocycles. The number of para-hydroxylation sites is 2. The summed E-state index contributed by atoms with van der Waals surface area (Å²) in [6.07, 6.45) is 3.16. The molecule has 1 atom stereocenters. The van der Waals surface area contributed by atoms with Gasteiger partial charge < -0.3 is 9.47 Å². The SMILES string of the molecule is CCCn1c([C@@H]2CCCN2C(C)=O)nc2ccccc21. The maximum atomic E-state index is 11.8. The van der Waals surface area contributed by atoms with Crippen molar-refractivity contribution in [3.05, 3.63) is 30.1 Å². The van der Waals surface area contributed by atoms with Crippen molar-refractivity contribution in [2.45, 2.75) is 45.7 Å². The smallest absolute Gasteiger partial charge is 0.220 e. The van der Waals surface area contributed by atoms with Gasteiger partial charge >= 0.3 is 0 Å². The molecule has 1 saturated heterocycles. The van der Waals surface area contributed by atoms with Crippen molar-refractivity contribution in [2.75, 3.05) is 6.54 Å². The van der Waals surface area contributed by atoms with Crippen LogP contribution in [0.3, 0.4) is 0 Å². The van der Waals surface area contributed by atoms with Crippen molar-refractivity contribution >= 4 is 16.9 Å². The molecule has 20 heavy (non-hydrogen) atoms. The summed E-state index contributed by atoms with van der Waals surface area (Å²) in [5.74, 6) is 1.21. The van der Waals surface area contributed by atoms with Crippen LogP contribution in [0.5, 0.6) is 0 Å². The summed E-state index contributed by atoms with van der Waals surface area (Å²) >= 11 is 0. The van der Waals surface area contributed by atoms with Crippen molar-refractivity contribution in [3.8, 4) is 0 Å². The van der Waals surface area contributed by atoms with E-state index < -0.39 is 0 Å². The van der Waals surface area contributed by atoms with Crippen molar-refractivity contribution in [2.24, 2.45) is 0 Å². The number of imidazole rings is 1. The number of nitrogens with zero attached hydrogens (tertiary/aromatic N) is 3. The number of hydrogen-bond donors (Lipinski definition) is 0. The molecule has 1 aromatic heterocycles. The van der Waals surface area contributed by atoms with Crippen LogP contribution in [0.15, 0.2) is 24.3 Å². The van der Waals surface area contributed by atoms with Crippen molar-refractivity contribution < 1.29 is 4.79 Å². The maximum absolute atomic E-state index is 11.8. The van der Waals surface area contributed by atoms with Crippen LogP contribution in [0.2, 0.25) is 0 Å². The summed E-state index contributed by atoms with van der Waals surface area (Å²) in [5.41, 5.74) is 2.21. The minimum absolute atomic E-state index is 0.145. The molecule has 1 amide bonds. The average Bonchev–Trinajstić information content (AvgIpc) is 3.04. The van der Waals surface area contributed by atoms with Gasteiger partial charge in [-0.25, -0.2) is 4.98 Å². The summed E-state index contributed by atoms with van der Waals surface area (Å²) in [5, 5.41) is 0. The Labute approximate surface area is 119 Å². The molecule has 0 radical (unpaired) electrons. The van der Waals surface area contributed by atoms with Crippen LogP contribution in [0, 0.1) is 0 Å². The number of aromatic nitrogens is 2. The third kappa shape index (κ3) is 2.09. The summed E-state index contributed by atoms with van der Waals surface area (Å²) in [7, 11) is 0. The molecule has 1 fully saturated rings. The van der Waals surface area contributed by atoms with E-state index in [1.54, 1.807) is 6.92 Å². The van der Waals surface area contributed by atoms with E-state index in [9.17, 15) is 4.79 Å². The third-order valence-electron chi connectivity index (χ3n) is 4.09. The van der Waals surface area contributed by atoms with E-state index >= 15 is 0 Å². The molecule has 0 bridgehead atoms. The summed E-state index contributed by atoms with van der Waals surface area (Å²) in [4.78, 5) is 18.6. The molecule has 0 saturated carbocycles. The second-order valence-electron chi connectivity index (χ2n) is 5.48. The highest BCUT2D eigenvalue weighted by Gasteiger charge is 2.31. The molecule has 0 aliphatic carbocycles. The quantitative estimate of drug-likeness (QED) is 0.860. The number of carbonyl (C=O) groups is 1. The number of aryl methyl sites for hydroxylation is 1. The Morgan fingerprint density at radius 1 is 1.40 bits per heavy atom. The zero-order valence-corrected chi connectivity index (χ0v) is 12.2. The number of likely N-dealkylation sites (tertiary alicyclic amines) is 1. The molecular formula is C16H21N3O. The lowest BCUT2D eigenvalue weighted by Crippen LogP contribution is -2.29. The highest BCUT2D eigenvalue weighted by Crippen LogP contribution is 2.33. The number of carbonyl (C=O) groups excluding carboxylic acids is 1. The van der Waals surface area contributed by atoms with Gasteiger partial charge in [0.2, 0.25) is 5.91 Å². The van der Waals surface area contributed by atoms with E-state index in [1.807, 2.05) is 11.0 Å². The van der Waals surface area contributed by atoms with E-state index in [0.717, 1.165) is 43.7 Å². The highest BCUT2D eigenvalue weighted by atomic mass is 16.2. The first kappa shape index (κ1) is 13.2. The predicted molar refractivity (Wildman–Crippen MR) is 79.4 cm³/mol. The number of hydrogen-bond acceptors (Lipinski definition) is 2. The zero-order valence-electron chi connectivity index (χ0n) is 12.2. The van der Waals surface area contributed by atoms with Gasteiger partial charge in [-0.3, -0.25) is 4.79 Å². The average molecular weight is 271 g/mol. The molecular weight excluding hydrogens is 250 g/mol. The van der Waals surface area contributed by atoms with Crippen LogP contribution >= 0.6 is 0 Å². The second kappa shape index (κ2) is 5.27. The summed E-state index contributed by atoms with van der Waals surface area (Å²) < 4.78 is 2.29.